The van der Waals surface area contributed by atoms with E-state index in [1.165, 1.54) is 0 Å². The molecule has 0 unspecified atom stereocenters. The number of methoxy groups -OCH3 is 1. The summed E-state index contributed by atoms with van der Waals surface area (Å²) in [5.74, 6) is 0.851. The van der Waals surface area contributed by atoms with Gasteiger partial charge in [0.1, 0.15) is 0 Å². The molecular weight excluding hydrogens is 358 g/mol. The van der Waals surface area contributed by atoms with E-state index in [2.05, 4.69) is 15.2 Å². The van der Waals surface area contributed by atoms with E-state index in [1.807, 2.05) is 18.0 Å². The maximum atomic E-state index is 12.2. The second kappa shape index (κ2) is 9.43. The molecule has 8 heteroatoms. The van der Waals surface area contributed by atoms with Crippen molar-refractivity contribution >= 4 is 11.8 Å². The summed E-state index contributed by atoms with van der Waals surface area (Å²) in [6, 6.07) is -0.0113. The number of nitrogens with zero attached hydrogens (tertiary/aromatic N) is 4. The molecule has 2 aliphatic rings. The molecule has 2 atom stereocenters. The summed E-state index contributed by atoms with van der Waals surface area (Å²) in [5.41, 5.74) is 2.11. The van der Waals surface area contributed by atoms with Crippen LogP contribution in [0.15, 0.2) is 6.20 Å². The lowest BCUT2D eigenvalue weighted by atomic mass is 10.0. The zero-order chi connectivity index (χ0) is 20.1. The molecule has 0 aliphatic carbocycles. The van der Waals surface area contributed by atoms with Crippen molar-refractivity contribution < 1.29 is 14.3 Å². The van der Waals surface area contributed by atoms with Crippen LogP contribution in [0.4, 0.5) is 0 Å². The number of fused-ring (bicyclic) bond motifs is 1. The van der Waals surface area contributed by atoms with Crippen molar-refractivity contribution in [3.63, 3.8) is 0 Å². The molecule has 0 saturated carbocycles. The molecule has 1 aromatic rings. The fraction of sp³-hybridized carbons (Fsp3) is 0.700. The first-order chi connectivity index (χ1) is 13.5. The molecule has 8 nitrogen and oxygen atoms in total. The average molecular weight is 390 g/mol. The molecule has 28 heavy (non-hydrogen) atoms. The Balaban J connectivity index is 1.62. The normalized spacial score (nSPS) is 21.1. The maximum Gasteiger partial charge on any atom is 0.234 e. The minimum absolute atomic E-state index is 0.000170. The number of hydrogen-bond acceptors (Lipinski definition) is 6. The van der Waals surface area contributed by atoms with Crippen molar-refractivity contribution in [1.29, 1.82) is 0 Å². The van der Waals surface area contributed by atoms with Crippen molar-refractivity contribution in [2.45, 2.75) is 58.2 Å². The molecule has 0 aromatic carbocycles. The molecule has 1 aromatic heterocycles. The number of likely N-dealkylation sites (tertiary alicyclic amines) is 1. The summed E-state index contributed by atoms with van der Waals surface area (Å²) in [6.07, 6.45) is 5.73. The topological polar surface area (TPSA) is 87.7 Å². The van der Waals surface area contributed by atoms with Crippen molar-refractivity contribution in [3.05, 3.63) is 23.3 Å². The smallest absolute Gasteiger partial charge is 0.234 e. The second-order valence-electron chi connectivity index (χ2n) is 7.81. The Hall–Kier alpha value is -2.06. The van der Waals surface area contributed by atoms with Gasteiger partial charge in [-0.15, -0.1) is 0 Å². The van der Waals surface area contributed by atoms with Gasteiger partial charge in [-0.25, -0.2) is 9.97 Å². The van der Waals surface area contributed by atoms with Gasteiger partial charge in [0.2, 0.25) is 11.8 Å². The first-order valence-electron chi connectivity index (χ1n) is 10.1. The second-order valence-corrected chi connectivity index (χ2v) is 7.81. The van der Waals surface area contributed by atoms with Crippen LogP contribution < -0.4 is 5.32 Å². The van der Waals surface area contributed by atoms with Crippen LogP contribution in [0.3, 0.4) is 0 Å². The number of hydrogen-bond donors (Lipinski definition) is 1. The summed E-state index contributed by atoms with van der Waals surface area (Å²) in [5, 5.41) is 2.95. The number of amides is 2. The van der Waals surface area contributed by atoms with Crippen LogP contribution in [-0.4, -0.2) is 71.0 Å². The summed E-state index contributed by atoms with van der Waals surface area (Å²) >= 11 is 0. The highest BCUT2D eigenvalue weighted by Crippen LogP contribution is 2.29. The third kappa shape index (κ3) is 5.05. The molecule has 3 rings (SSSR count). The van der Waals surface area contributed by atoms with Crippen molar-refractivity contribution in [2.75, 3.05) is 33.4 Å². The number of carbonyl (C=O) groups excluding carboxylic acids is 2. The standard InChI is InChI=1S/C20H31N5O3/c1-14(13-28-3)22-19(27)12-24-9-7-17-16(11-24)10-21-20(23-17)18-6-4-5-8-25(18)15(2)26/h10,14,18H,4-9,11-13H2,1-3H3,(H,22,27)/t14-,18+/m0/s1. The van der Waals surface area contributed by atoms with Crippen LogP contribution in [0.5, 0.6) is 0 Å². The fourth-order valence-corrected chi connectivity index (χ4v) is 4.08. The number of carbonyl (C=O) groups is 2. The molecule has 3 heterocycles. The number of aromatic nitrogens is 2. The lowest BCUT2D eigenvalue weighted by Gasteiger charge is -2.35. The Morgan fingerprint density at radius 2 is 2.18 bits per heavy atom. The largest absolute Gasteiger partial charge is 0.383 e. The van der Waals surface area contributed by atoms with E-state index in [4.69, 9.17) is 9.72 Å². The first-order valence-corrected chi connectivity index (χ1v) is 10.1. The zero-order valence-electron chi connectivity index (χ0n) is 17.1. The average Bonchev–Trinajstić information content (AvgIpc) is 2.67. The molecule has 1 N–H and O–H groups in total. The Labute approximate surface area is 166 Å². The number of nitrogens with one attached hydrogen (secondary N) is 1. The fourth-order valence-electron chi connectivity index (χ4n) is 4.08. The minimum atomic E-state index is -0.0115. The van der Waals surface area contributed by atoms with Gasteiger partial charge < -0.3 is 15.0 Å². The van der Waals surface area contributed by atoms with Crippen LogP contribution >= 0.6 is 0 Å². The molecule has 154 valence electrons. The van der Waals surface area contributed by atoms with Gasteiger partial charge in [0.15, 0.2) is 5.82 Å². The highest BCUT2D eigenvalue weighted by molar-refractivity contribution is 5.78. The van der Waals surface area contributed by atoms with E-state index in [-0.39, 0.29) is 23.9 Å². The van der Waals surface area contributed by atoms with E-state index < -0.39 is 0 Å². The number of rotatable bonds is 6. The third-order valence-corrected chi connectivity index (χ3v) is 5.43. The lowest BCUT2D eigenvalue weighted by Crippen LogP contribution is -2.44. The van der Waals surface area contributed by atoms with Crippen LogP contribution in [0.1, 0.15) is 56.2 Å². The third-order valence-electron chi connectivity index (χ3n) is 5.43. The molecule has 0 spiro atoms. The van der Waals surface area contributed by atoms with Crippen molar-refractivity contribution in [1.82, 2.24) is 25.1 Å². The maximum absolute atomic E-state index is 12.2. The molecule has 1 fully saturated rings. The Bertz CT molecular complexity index is 711. The highest BCUT2D eigenvalue weighted by atomic mass is 16.5. The van der Waals surface area contributed by atoms with Crippen molar-refractivity contribution in [3.8, 4) is 0 Å². The highest BCUT2D eigenvalue weighted by Gasteiger charge is 2.29. The summed E-state index contributed by atoms with van der Waals surface area (Å²) in [4.78, 5) is 37.5. The van der Waals surface area contributed by atoms with Gasteiger partial charge in [0, 0.05) is 63.6 Å². The van der Waals surface area contributed by atoms with E-state index >= 15 is 0 Å². The van der Waals surface area contributed by atoms with Gasteiger partial charge in [-0.2, -0.15) is 0 Å². The SMILES string of the molecule is COC[C@H](C)NC(=O)CN1CCc2nc([C@H]3CCCCN3C(C)=O)ncc2C1. The zero-order valence-corrected chi connectivity index (χ0v) is 17.1. The van der Waals surface area contributed by atoms with Gasteiger partial charge in [-0.05, 0) is 26.2 Å². The Morgan fingerprint density at radius 3 is 2.93 bits per heavy atom. The van der Waals surface area contributed by atoms with Crippen LogP contribution in [0, 0.1) is 0 Å². The molecule has 1 saturated heterocycles. The Morgan fingerprint density at radius 1 is 1.36 bits per heavy atom. The van der Waals surface area contributed by atoms with Gasteiger partial charge in [-0.3, -0.25) is 14.5 Å². The van der Waals surface area contributed by atoms with Gasteiger partial charge in [0.05, 0.1) is 19.2 Å². The van der Waals surface area contributed by atoms with Gasteiger partial charge in [-0.1, -0.05) is 0 Å². The summed E-state index contributed by atoms with van der Waals surface area (Å²) < 4.78 is 5.06. The van der Waals surface area contributed by atoms with Crippen molar-refractivity contribution in [2.24, 2.45) is 0 Å². The Kier molecular flexibility index (Phi) is 6.96. The number of piperidine rings is 1. The van der Waals surface area contributed by atoms with Crippen LogP contribution in [0.2, 0.25) is 0 Å². The minimum Gasteiger partial charge on any atom is -0.383 e. The summed E-state index contributed by atoms with van der Waals surface area (Å²) in [7, 11) is 1.63. The number of ether oxygens (including phenoxy) is 1. The van der Waals surface area contributed by atoms with E-state index in [0.717, 1.165) is 55.9 Å². The molecule has 0 radical (unpaired) electrons. The molecule has 2 aliphatic heterocycles. The van der Waals surface area contributed by atoms with E-state index in [1.54, 1.807) is 14.0 Å². The monoisotopic (exact) mass is 389 g/mol. The van der Waals surface area contributed by atoms with E-state index in [9.17, 15) is 9.59 Å². The molecule has 2 amide bonds. The summed E-state index contributed by atoms with van der Waals surface area (Å²) in [6.45, 7) is 6.65. The van der Waals surface area contributed by atoms with Gasteiger partial charge in [0.25, 0.3) is 0 Å². The van der Waals surface area contributed by atoms with E-state index in [0.29, 0.717) is 19.7 Å². The molecular formula is C20H31N5O3. The quantitative estimate of drug-likeness (QED) is 0.783. The predicted octanol–water partition coefficient (Wildman–Crippen LogP) is 1.06. The van der Waals surface area contributed by atoms with Crippen LogP contribution in [-0.2, 0) is 27.3 Å². The van der Waals surface area contributed by atoms with Crippen LogP contribution in [0.25, 0.3) is 0 Å². The first kappa shape index (κ1) is 20.7. The molecule has 0 bridgehead atoms. The predicted molar refractivity (Wildman–Crippen MR) is 104 cm³/mol. The lowest BCUT2D eigenvalue weighted by molar-refractivity contribution is -0.132. The van der Waals surface area contributed by atoms with Gasteiger partial charge >= 0.3 is 0 Å².